The average Bonchev–Trinajstić information content (AvgIpc) is 3.03. The van der Waals surface area contributed by atoms with Gasteiger partial charge in [0, 0.05) is 28.3 Å². The van der Waals surface area contributed by atoms with E-state index in [0.717, 1.165) is 28.9 Å². The molecule has 8 heteroatoms. The lowest BCUT2D eigenvalue weighted by atomic mass is 10.2. The van der Waals surface area contributed by atoms with Gasteiger partial charge in [0.05, 0.1) is 6.21 Å². The number of aryl methyl sites for hydroxylation is 1. The standard InChI is InChI=1S/C19H19BrN4O2S/c1-2-3-18-22-23-19(27-12-13-4-7-15(20)8-5-13)24(18)21-11-14-6-9-16(25)10-17(14)26/h4-11,25-26H,2-3,12H2,1H3/b21-11+. The van der Waals surface area contributed by atoms with Crippen molar-refractivity contribution < 1.29 is 10.2 Å². The summed E-state index contributed by atoms with van der Waals surface area (Å²) < 4.78 is 2.75. The molecule has 0 atom stereocenters. The van der Waals surface area contributed by atoms with Crippen LogP contribution in [0.5, 0.6) is 11.5 Å². The van der Waals surface area contributed by atoms with Gasteiger partial charge >= 0.3 is 0 Å². The lowest BCUT2D eigenvalue weighted by Gasteiger charge is -2.05. The number of aromatic nitrogens is 3. The van der Waals surface area contributed by atoms with Gasteiger partial charge in [-0.05, 0) is 36.2 Å². The molecule has 0 bridgehead atoms. The van der Waals surface area contributed by atoms with Crippen molar-refractivity contribution in [3.8, 4) is 11.5 Å². The molecule has 6 nitrogen and oxygen atoms in total. The monoisotopic (exact) mass is 446 g/mol. The van der Waals surface area contributed by atoms with Crippen LogP contribution >= 0.6 is 27.7 Å². The number of hydrogen-bond acceptors (Lipinski definition) is 6. The average molecular weight is 447 g/mol. The van der Waals surface area contributed by atoms with E-state index >= 15 is 0 Å². The maximum Gasteiger partial charge on any atom is 0.212 e. The highest BCUT2D eigenvalue weighted by atomic mass is 79.9. The fourth-order valence-electron chi connectivity index (χ4n) is 2.37. The van der Waals surface area contributed by atoms with Gasteiger partial charge in [0.1, 0.15) is 11.5 Å². The van der Waals surface area contributed by atoms with E-state index < -0.39 is 0 Å². The van der Waals surface area contributed by atoms with Gasteiger partial charge in [0.25, 0.3) is 0 Å². The highest BCUT2D eigenvalue weighted by Gasteiger charge is 2.12. The summed E-state index contributed by atoms with van der Waals surface area (Å²) in [5, 5.41) is 33.0. The number of hydrogen-bond donors (Lipinski definition) is 2. The fraction of sp³-hybridized carbons (Fsp3) is 0.211. The third-order valence-electron chi connectivity index (χ3n) is 3.76. The largest absolute Gasteiger partial charge is 0.508 e. The van der Waals surface area contributed by atoms with Gasteiger partial charge in [0.15, 0.2) is 5.82 Å². The van der Waals surface area contributed by atoms with E-state index in [0.29, 0.717) is 10.7 Å². The van der Waals surface area contributed by atoms with Crippen LogP contribution in [-0.2, 0) is 12.2 Å². The second-order valence-corrected chi connectivity index (χ2v) is 7.72. The molecule has 140 valence electrons. The fourth-order valence-corrected chi connectivity index (χ4v) is 3.50. The zero-order valence-electron chi connectivity index (χ0n) is 14.7. The smallest absolute Gasteiger partial charge is 0.212 e. The molecule has 3 aromatic rings. The maximum absolute atomic E-state index is 9.94. The van der Waals surface area contributed by atoms with E-state index in [1.807, 2.05) is 12.1 Å². The Labute approximate surface area is 170 Å². The predicted molar refractivity (Wildman–Crippen MR) is 110 cm³/mol. The molecule has 0 aliphatic carbocycles. The minimum Gasteiger partial charge on any atom is -0.508 e. The molecule has 1 heterocycles. The van der Waals surface area contributed by atoms with Gasteiger partial charge in [-0.3, -0.25) is 0 Å². The third-order valence-corrected chi connectivity index (χ3v) is 5.28. The van der Waals surface area contributed by atoms with Crippen molar-refractivity contribution in [2.45, 2.75) is 30.7 Å². The summed E-state index contributed by atoms with van der Waals surface area (Å²) in [6.07, 6.45) is 3.22. The first-order valence-electron chi connectivity index (χ1n) is 8.44. The summed E-state index contributed by atoms with van der Waals surface area (Å²) in [5.74, 6) is 1.49. The normalized spacial score (nSPS) is 11.3. The minimum atomic E-state index is -0.0343. The summed E-state index contributed by atoms with van der Waals surface area (Å²) in [5.41, 5.74) is 1.68. The van der Waals surface area contributed by atoms with Gasteiger partial charge in [-0.1, -0.05) is 46.7 Å². The third kappa shape index (κ3) is 5.11. The Hall–Kier alpha value is -2.32. The number of halogens is 1. The van der Waals surface area contributed by atoms with Crippen LogP contribution in [0.2, 0.25) is 0 Å². The molecular formula is C19H19BrN4O2S. The topological polar surface area (TPSA) is 83.5 Å². The Kier molecular flexibility index (Phi) is 6.52. The Morgan fingerprint density at radius 1 is 1.15 bits per heavy atom. The Morgan fingerprint density at radius 2 is 1.93 bits per heavy atom. The number of aromatic hydroxyl groups is 2. The molecular weight excluding hydrogens is 428 g/mol. The first kappa shape index (κ1) is 19.4. The Bertz CT molecular complexity index is 941. The van der Waals surface area contributed by atoms with Crippen LogP contribution in [0.15, 0.2) is 57.2 Å². The van der Waals surface area contributed by atoms with E-state index in [9.17, 15) is 10.2 Å². The number of thioether (sulfide) groups is 1. The molecule has 3 rings (SSSR count). The summed E-state index contributed by atoms with van der Waals surface area (Å²) in [4.78, 5) is 0. The lowest BCUT2D eigenvalue weighted by Crippen LogP contribution is -2.00. The molecule has 0 unspecified atom stereocenters. The zero-order valence-corrected chi connectivity index (χ0v) is 17.1. The van der Waals surface area contributed by atoms with Crippen molar-refractivity contribution in [3.05, 3.63) is 63.9 Å². The van der Waals surface area contributed by atoms with Crippen molar-refractivity contribution in [2.75, 3.05) is 0 Å². The number of benzene rings is 2. The molecule has 2 N–H and O–H groups in total. The van der Waals surface area contributed by atoms with Crippen LogP contribution in [0.4, 0.5) is 0 Å². The van der Waals surface area contributed by atoms with Gasteiger partial charge in [0.2, 0.25) is 5.16 Å². The maximum atomic E-state index is 9.94. The van der Waals surface area contributed by atoms with E-state index in [1.54, 1.807) is 28.7 Å². The minimum absolute atomic E-state index is 0.00589. The van der Waals surface area contributed by atoms with Crippen molar-refractivity contribution in [3.63, 3.8) is 0 Å². The van der Waals surface area contributed by atoms with E-state index in [4.69, 9.17) is 0 Å². The first-order valence-corrected chi connectivity index (χ1v) is 10.2. The second-order valence-electron chi connectivity index (χ2n) is 5.86. The molecule has 0 aliphatic heterocycles. The number of phenolic OH excluding ortho intramolecular Hbond substituents is 2. The van der Waals surface area contributed by atoms with Crippen LogP contribution in [0.1, 0.15) is 30.3 Å². The SMILES string of the molecule is CCCc1nnc(SCc2ccc(Br)cc2)n1/N=C/c1ccc(O)cc1O. The molecule has 0 radical (unpaired) electrons. The van der Waals surface area contributed by atoms with Gasteiger partial charge in [-0.25, -0.2) is 0 Å². The van der Waals surface area contributed by atoms with Gasteiger partial charge < -0.3 is 10.2 Å². The van der Waals surface area contributed by atoms with Crippen LogP contribution in [0.25, 0.3) is 0 Å². The van der Waals surface area contributed by atoms with E-state index in [2.05, 4.69) is 50.3 Å². The van der Waals surface area contributed by atoms with Crippen molar-refractivity contribution in [1.29, 1.82) is 0 Å². The molecule has 2 aromatic carbocycles. The van der Waals surface area contributed by atoms with Crippen molar-refractivity contribution in [1.82, 2.24) is 14.9 Å². The molecule has 0 saturated carbocycles. The number of phenols is 2. The molecule has 0 saturated heterocycles. The second kappa shape index (κ2) is 9.05. The predicted octanol–water partition coefficient (Wildman–Crippen LogP) is 4.58. The Morgan fingerprint density at radius 3 is 2.63 bits per heavy atom. The lowest BCUT2D eigenvalue weighted by molar-refractivity contribution is 0.450. The summed E-state index contributed by atoms with van der Waals surface area (Å²) in [6, 6.07) is 12.5. The highest BCUT2D eigenvalue weighted by Crippen LogP contribution is 2.24. The quantitative estimate of drug-likeness (QED) is 0.409. The summed E-state index contributed by atoms with van der Waals surface area (Å²) in [7, 11) is 0. The number of rotatable bonds is 7. The first-order chi connectivity index (χ1) is 13.1. The number of nitrogens with zero attached hydrogens (tertiary/aromatic N) is 4. The van der Waals surface area contributed by atoms with Crippen molar-refractivity contribution >= 4 is 33.9 Å². The summed E-state index contributed by atoms with van der Waals surface area (Å²) in [6.45, 7) is 2.07. The van der Waals surface area contributed by atoms with Gasteiger partial charge in [-0.2, -0.15) is 9.78 Å². The Balaban J connectivity index is 1.82. The highest BCUT2D eigenvalue weighted by molar-refractivity contribution is 9.10. The summed E-state index contributed by atoms with van der Waals surface area (Å²) >= 11 is 4.99. The molecule has 0 spiro atoms. The zero-order chi connectivity index (χ0) is 19.2. The molecule has 0 aliphatic rings. The van der Waals surface area contributed by atoms with E-state index in [1.165, 1.54) is 17.7 Å². The van der Waals surface area contributed by atoms with Crippen LogP contribution < -0.4 is 0 Å². The molecule has 1 aromatic heterocycles. The molecule has 0 amide bonds. The molecule has 27 heavy (non-hydrogen) atoms. The van der Waals surface area contributed by atoms with Crippen LogP contribution in [0, 0.1) is 0 Å². The van der Waals surface area contributed by atoms with Crippen LogP contribution in [-0.4, -0.2) is 31.3 Å². The van der Waals surface area contributed by atoms with Gasteiger partial charge in [-0.15, -0.1) is 10.2 Å². The van der Waals surface area contributed by atoms with Crippen LogP contribution in [0.3, 0.4) is 0 Å². The van der Waals surface area contributed by atoms with E-state index in [-0.39, 0.29) is 11.5 Å². The van der Waals surface area contributed by atoms with Crippen molar-refractivity contribution in [2.24, 2.45) is 5.10 Å². The molecule has 0 fully saturated rings.